The molecule has 2 heteroatoms. The van der Waals surface area contributed by atoms with Crippen molar-refractivity contribution in [2.24, 2.45) is 0 Å². The van der Waals surface area contributed by atoms with Gasteiger partial charge in [-0.1, -0.05) is 187 Å². The standard InChI is InChI=1S/C56H56N2/c1-2-3-4-5-6-7-8-9-10-11-12-13-16-42-19-21-45(22-20-42)50-31-32-53-54(41-50)56(49-29-25-44(26-30-49)47-35-39-58-40-36-47)52-18-15-14-17-51(52)55(53)48-27-23-43(24-28-48)46-33-37-57-38-34-46/h14-15,17-41H,2-13,16H2,1H3. The van der Waals surface area contributed by atoms with Crippen LogP contribution in [0.3, 0.4) is 0 Å². The van der Waals surface area contributed by atoms with Crippen molar-refractivity contribution in [1.29, 1.82) is 0 Å². The first-order valence-electron chi connectivity index (χ1n) is 21.9. The van der Waals surface area contributed by atoms with Gasteiger partial charge in [-0.15, -0.1) is 0 Å². The first-order valence-corrected chi connectivity index (χ1v) is 21.9. The highest BCUT2D eigenvalue weighted by Crippen LogP contribution is 2.45. The lowest BCUT2D eigenvalue weighted by atomic mass is 9.84. The number of aromatic nitrogens is 2. The lowest BCUT2D eigenvalue weighted by molar-refractivity contribution is 0.544. The summed E-state index contributed by atoms with van der Waals surface area (Å²) in [6.07, 6.45) is 25.2. The Morgan fingerprint density at radius 1 is 0.310 bits per heavy atom. The average Bonchev–Trinajstić information content (AvgIpc) is 3.29. The summed E-state index contributed by atoms with van der Waals surface area (Å²) in [7, 11) is 0. The fourth-order valence-corrected chi connectivity index (χ4v) is 8.76. The molecule has 2 aromatic heterocycles. The Balaban J connectivity index is 1.07. The summed E-state index contributed by atoms with van der Waals surface area (Å²) in [5.41, 5.74) is 13.6. The number of fused-ring (bicyclic) bond motifs is 2. The van der Waals surface area contributed by atoms with Crippen LogP contribution in [0, 0.1) is 0 Å². The molecule has 8 rings (SSSR count). The molecule has 0 radical (unpaired) electrons. The SMILES string of the molecule is CCCCCCCCCCCCCCc1ccc(-c2ccc3c(-c4ccc(-c5ccncc5)cc4)c4ccccc4c(-c4ccc(-c5ccncc5)cc4)c3c2)cc1. The van der Waals surface area contributed by atoms with Crippen molar-refractivity contribution in [1.82, 2.24) is 9.97 Å². The molecular formula is C56H56N2. The number of hydrogen-bond acceptors (Lipinski definition) is 2. The van der Waals surface area contributed by atoms with Crippen molar-refractivity contribution in [3.8, 4) is 55.6 Å². The Morgan fingerprint density at radius 2 is 0.672 bits per heavy atom. The molecule has 2 heterocycles. The summed E-state index contributed by atoms with van der Waals surface area (Å²) in [5, 5.41) is 5.04. The molecule has 0 saturated heterocycles. The third-order valence-corrected chi connectivity index (χ3v) is 12.0. The summed E-state index contributed by atoms with van der Waals surface area (Å²) in [6, 6.07) is 51.8. The van der Waals surface area contributed by atoms with Gasteiger partial charge in [-0.25, -0.2) is 0 Å². The van der Waals surface area contributed by atoms with E-state index >= 15 is 0 Å². The summed E-state index contributed by atoms with van der Waals surface area (Å²) in [5.74, 6) is 0. The van der Waals surface area contributed by atoms with Gasteiger partial charge in [0.1, 0.15) is 0 Å². The third-order valence-electron chi connectivity index (χ3n) is 12.0. The summed E-state index contributed by atoms with van der Waals surface area (Å²) < 4.78 is 0. The highest BCUT2D eigenvalue weighted by atomic mass is 14.6. The van der Waals surface area contributed by atoms with Gasteiger partial charge < -0.3 is 0 Å². The van der Waals surface area contributed by atoms with E-state index in [4.69, 9.17) is 0 Å². The van der Waals surface area contributed by atoms with Crippen LogP contribution >= 0.6 is 0 Å². The van der Waals surface area contributed by atoms with E-state index in [9.17, 15) is 0 Å². The molecule has 0 N–H and O–H groups in total. The van der Waals surface area contributed by atoms with Gasteiger partial charge in [0.25, 0.3) is 0 Å². The Labute approximate surface area is 346 Å². The summed E-state index contributed by atoms with van der Waals surface area (Å²) >= 11 is 0. The molecule has 0 bridgehead atoms. The van der Waals surface area contributed by atoms with Crippen molar-refractivity contribution in [3.63, 3.8) is 0 Å². The Hall–Kier alpha value is -5.86. The van der Waals surface area contributed by atoms with Gasteiger partial charge in [0, 0.05) is 24.8 Å². The molecule has 0 aliphatic carbocycles. The minimum atomic E-state index is 1.16. The molecule has 0 fully saturated rings. The Bertz CT molecular complexity index is 2500. The molecule has 0 saturated carbocycles. The van der Waals surface area contributed by atoms with Crippen LogP contribution in [0.15, 0.2) is 164 Å². The maximum atomic E-state index is 4.23. The quantitative estimate of drug-likeness (QED) is 0.0644. The second kappa shape index (κ2) is 19.5. The van der Waals surface area contributed by atoms with E-state index < -0.39 is 0 Å². The van der Waals surface area contributed by atoms with E-state index in [1.165, 1.54) is 160 Å². The lowest BCUT2D eigenvalue weighted by Gasteiger charge is -2.19. The van der Waals surface area contributed by atoms with Crippen LogP contribution in [0.4, 0.5) is 0 Å². The molecule has 0 aliphatic rings. The van der Waals surface area contributed by atoms with E-state index in [1.807, 2.05) is 24.8 Å². The van der Waals surface area contributed by atoms with Crippen LogP contribution in [0.1, 0.15) is 89.5 Å². The normalized spacial score (nSPS) is 11.4. The fraction of sp³-hybridized carbons (Fsp3) is 0.250. The summed E-state index contributed by atoms with van der Waals surface area (Å²) in [6.45, 7) is 2.30. The first-order chi connectivity index (χ1) is 28.8. The van der Waals surface area contributed by atoms with Gasteiger partial charge in [-0.3, -0.25) is 9.97 Å². The van der Waals surface area contributed by atoms with Gasteiger partial charge in [0.05, 0.1) is 0 Å². The highest BCUT2D eigenvalue weighted by molar-refractivity contribution is 6.22. The van der Waals surface area contributed by atoms with Crippen molar-refractivity contribution in [3.05, 3.63) is 170 Å². The van der Waals surface area contributed by atoms with E-state index in [2.05, 4.69) is 156 Å². The Morgan fingerprint density at radius 3 is 1.17 bits per heavy atom. The first kappa shape index (κ1) is 39.0. The minimum Gasteiger partial charge on any atom is -0.265 e. The molecule has 0 spiro atoms. The number of nitrogens with zero attached hydrogens (tertiary/aromatic N) is 2. The van der Waals surface area contributed by atoms with Crippen LogP contribution < -0.4 is 0 Å². The van der Waals surface area contributed by atoms with Crippen LogP contribution in [0.2, 0.25) is 0 Å². The predicted molar refractivity (Wildman–Crippen MR) is 249 cm³/mol. The molecule has 0 atom stereocenters. The minimum absolute atomic E-state index is 1.16. The zero-order valence-corrected chi connectivity index (χ0v) is 34.2. The largest absolute Gasteiger partial charge is 0.265 e. The molecule has 6 aromatic carbocycles. The molecule has 290 valence electrons. The highest BCUT2D eigenvalue weighted by Gasteiger charge is 2.18. The molecule has 8 aromatic rings. The lowest BCUT2D eigenvalue weighted by Crippen LogP contribution is -1.92. The molecular weight excluding hydrogens is 701 g/mol. The van der Waals surface area contributed by atoms with Crippen molar-refractivity contribution in [2.75, 3.05) is 0 Å². The molecule has 0 aliphatic heterocycles. The monoisotopic (exact) mass is 756 g/mol. The second-order valence-electron chi connectivity index (χ2n) is 16.0. The number of benzene rings is 6. The zero-order valence-electron chi connectivity index (χ0n) is 34.2. The van der Waals surface area contributed by atoms with Crippen molar-refractivity contribution >= 4 is 21.5 Å². The number of aryl methyl sites for hydroxylation is 1. The number of hydrogen-bond donors (Lipinski definition) is 0. The van der Waals surface area contributed by atoms with E-state index in [1.54, 1.807) is 0 Å². The van der Waals surface area contributed by atoms with E-state index in [0.717, 1.165) is 6.42 Å². The van der Waals surface area contributed by atoms with Crippen LogP contribution in [0.5, 0.6) is 0 Å². The fourth-order valence-electron chi connectivity index (χ4n) is 8.76. The maximum absolute atomic E-state index is 4.23. The average molecular weight is 757 g/mol. The third kappa shape index (κ3) is 9.29. The maximum Gasteiger partial charge on any atom is 0.0273 e. The molecule has 0 amide bonds. The molecule has 58 heavy (non-hydrogen) atoms. The number of unbranched alkanes of at least 4 members (excludes halogenated alkanes) is 11. The molecule has 2 nitrogen and oxygen atoms in total. The number of rotatable bonds is 18. The molecule has 0 unspecified atom stereocenters. The van der Waals surface area contributed by atoms with Gasteiger partial charge in [-0.2, -0.15) is 0 Å². The van der Waals surface area contributed by atoms with E-state index in [-0.39, 0.29) is 0 Å². The van der Waals surface area contributed by atoms with Gasteiger partial charge in [0.2, 0.25) is 0 Å². The van der Waals surface area contributed by atoms with Gasteiger partial charge in [-0.05, 0) is 126 Å². The topological polar surface area (TPSA) is 25.8 Å². The zero-order chi connectivity index (χ0) is 39.4. The van der Waals surface area contributed by atoms with Crippen LogP contribution in [-0.2, 0) is 6.42 Å². The van der Waals surface area contributed by atoms with Gasteiger partial charge in [0.15, 0.2) is 0 Å². The van der Waals surface area contributed by atoms with Crippen LogP contribution in [-0.4, -0.2) is 9.97 Å². The van der Waals surface area contributed by atoms with Crippen molar-refractivity contribution in [2.45, 2.75) is 90.4 Å². The smallest absolute Gasteiger partial charge is 0.0273 e. The number of pyridine rings is 2. The Kier molecular flexibility index (Phi) is 13.1. The van der Waals surface area contributed by atoms with Crippen molar-refractivity contribution < 1.29 is 0 Å². The van der Waals surface area contributed by atoms with Gasteiger partial charge >= 0.3 is 0 Å². The van der Waals surface area contributed by atoms with E-state index in [0.29, 0.717) is 0 Å². The predicted octanol–water partition coefficient (Wildman–Crippen LogP) is 16.4. The van der Waals surface area contributed by atoms with Crippen LogP contribution in [0.25, 0.3) is 77.2 Å². The summed E-state index contributed by atoms with van der Waals surface area (Å²) in [4.78, 5) is 8.45. The second-order valence-corrected chi connectivity index (χ2v) is 16.0.